The number of halogens is 1. The van der Waals surface area contributed by atoms with Crippen molar-refractivity contribution in [2.45, 2.75) is 6.42 Å². The molecule has 0 aliphatic rings. The van der Waals surface area contributed by atoms with Gasteiger partial charge in [0.15, 0.2) is 5.78 Å². The SMILES string of the molecule is O=C(C=Cc1ccccc1)c1ccc(OCCCBr)cc1. The lowest BCUT2D eigenvalue weighted by Gasteiger charge is -2.05. The molecule has 0 saturated carbocycles. The van der Waals surface area contributed by atoms with E-state index in [9.17, 15) is 4.79 Å². The molecule has 108 valence electrons. The summed E-state index contributed by atoms with van der Waals surface area (Å²) in [4.78, 5) is 12.1. The fourth-order valence-electron chi connectivity index (χ4n) is 1.79. The topological polar surface area (TPSA) is 26.3 Å². The number of rotatable bonds is 7. The van der Waals surface area contributed by atoms with Gasteiger partial charge in [0, 0.05) is 10.9 Å². The van der Waals surface area contributed by atoms with E-state index in [4.69, 9.17) is 4.74 Å². The van der Waals surface area contributed by atoms with Gasteiger partial charge in [-0.1, -0.05) is 52.3 Å². The first-order valence-electron chi connectivity index (χ1n) is 6.86. The van der Waals surface area contributed by atoms with Gasteiger partial charge in [-0.25, -0.2) is 0 Å². The Morgan fingerprint density at radius 1 is 1.05 bits per heavy atom. The van der Waals surface area contributed by atoms with Crippen molar-refractivity contribution < 1.29 is 9.53 Å². The van der Waals surface area contributed by atoms with Gasteiger partial charge in [0.1, 0.15) is 5.75 Å². The van der Waals surface area contributed by atoms with Crippen LogP contribution in [0, 0.1) is 0 Å². The Hall–Kier alpha value is -1.87. The van der Waals surface area contributed by atoms with Crippen molar-refractivity contribution in [3.63, 3.8) is 0 Å². The Labute approximate surface area is 133 Å². The Bertz CT molecular complexity index is 588. The summed E-state index contributed by atoms with van der Waals surface area (Å²) in [6.45, 7) is 0.673. The quantitative estimate of drug-likeness (QED) is 0.313. The average molecular weight is 345 g/mol. The second-order valence-electron chi connectivity index (χ2n) is 4.52. The Morgan fingerprint density at radius 3 is 2.43 bits per heavy atom. The third-order valence-electron chi connectivity index (χ3n) is 2.91. The van der Waals surface area contributed by atoms with Crippen LogP contribution in [0.4, 0.5) is 0 Å². The zero-order valence-electron chi connectivity index (χ0n) is 11.7. The van der Waals surface area contributed by atoms with Crippen LogP contribution in [0.2, 0.25) is 0 Å². The van der Waals surface area contributed by atoms with Gasteiger partial charge in [-0.15, -0.1) is 0 Å². The van der Waals surface area contributed by atoms with Crippen molar-refractivity contribution in [3.8, 4) is 5.75 Å². The van der Waals surface area contributed by atoms with Crippen molar-refractivity contribution in [3.05, 3.63) is 71.8 Å². The van der Waals surface area contributed by atoms with Crippen LogP contribution in [-0.2, 0) is 0 Å². The van der Waals surface area contributed by atoms with E-state index in [1.807, 2.05) is 48.5 Å². The van der Waals surface area contributed by atoms with E-state index in [-0.39, 0.29) is 5.78 Å². The van der Waals surface area contributed by atoms with Crippen molar-refractivity contribution in [2.24, 2.45) is 0 Å². The molecular weight excluding hydrogens is 328 g/mol. The van der Waals surface area contributed by atoms with Gasteiger partial charge in [-0.3, -0.25) is 4.79 Å². The third-order valence-corrected chi connectivity index (χ3v) is 3.47. The Morgan fingerprint density at radius 2 is 1.76 bits per heavy atom. The Balaban J connectivity index is 1.95. The second kappa shape index (κ2) is 8.42. The molecule has 0 radical (unpaired) electrons. The Kier molecular flexibility index (Phi) is 6.22. The van der Waals surface area contributed by atoms with Crippen LogP contribution < -0.4 is 4.74 Å². The van der Waals surface area contributed by atoms with Crippen molar-refractivity contribution in [1.82, 2.24) is 0 Å². The van der Waals surface area contributed by atoms with Gasteiger partial charge in [-0.2, -0.15) is 0 Å². The second-order valence-corrected chi connectivity index (χ2v) is 5.32. The molecule has 3 heteroatoms. The zero-order chi connectivity index (χ0) is 14.9. The van der Waals surface area contributed by atoms with Crippen molar-refractivity contribution in [2.75, 3.05) is 11.9 Å². The molecule has 21 heavy (non-hydrogen) atoms. The van der Waals surface area contributed by atoms with Crippen LogP contribution in [0.5, 0.6) is 5.75 Å². The van der Waals surface area contributed by atoms with E-state index in [1.165, 1.54) is 0 Å². The molecule has 2 aromatic rings. The summed E-state index contributed by atoms with van der Waals surface area (Å²) >= 11 is 3.36. The third kappa shape index (κ3) is 5.20. The van der Waals surface area contributed by atoms with Crippen LogP contribution in [0.1, 0.15) is 22.3 Å². The maximum Gasteiger partial charge on any atom is 0.185 e. The summed E-state index contributed by atoms with van der Waals surface area (Å²) in [6, 6.07) is 17.0. The first kappa shape index (κ1) is 15.5. The highest BCUT2D eigenvalue weighted by Crippen LogP contribution is 2.14. The summed E-state index contributed by atoms with van der Waals surface area (Å²) in [5.74, 6) is 0.783. The molecule has 0 heterocycles. The molecule has 0 N–H and O–H groups in total. The van der Waals surface area contributed by atoms with Crippen LogP contribution in [0.15, 0.2) is 60.7 Å². The van der Waals surface area contributed by atoms with Gasteiger partial charge < -0.3 is 4.74 Å². The lowest BCUT2D eigenvalue weighted by molar-refractivity contribution is 0.104. The molecule has 0 unspecified atom stereocenters. The fourth-order valence-corrected chi connectivity index (χ4v) is 2.02. The fraction of sp³-hybridized carbons (Fsp3) is 0.167. The predicted molar refractivity (Wildman–Crippen MR) is 90.2 cm³/mol. The van der Waals surface area contributed by atoms with Crippen LogP contribution in [0.3, 0.4) is 0 Å². The molecular formula is C18H17BrO2. The van der Waals surface area contributed by atoms with Crippen molar-refractivity contribution >= 4 is 27.8 Å². The van der Waals surface area contributed by atoms with Gasteiger partial charge >= 0.3 is 0 Å². The molecule has 0 spiro atoms. The molecule has 0 aliphatic carbocycles. The normalized spacial score (nSPS) is 10.7. The average Bonchev–Trinajstić information content (AvgIpc) is 2.54. The first-order valence-corrected chi connectivity index (χ1v) is 7.98. The van der Waals surface area contributed by atoms with E-state index in [2.05, 4.69) is 15.9 Å². The number of hydrogen-bond acceptors (Lipinski definition) is 2. The smallest absolute Gasteiger partial charge is 0.185 e. The van der Waals surface area contributed by atoms with E-state index >= 15 is 0 Å². The van der Waals surface area contributed by atoms with Gasteiger partial charge in [0.05, 0.1) is 6.61 Å². The number of carbonyl (C=O) groups excluding carboxylic acids is 1. The van der Waals surface area contributed by atoms with E-state index < -0.39 is 0 Å². The summed E-state index contributed by atoms with van der Waals surface area (Å²) in [5.41, 5.74) is 1.68. The lowest BCUT2D eigenvalue weighted by Crippen LogP contribution is -1.99. The molecule has 2 nitrogen and oxygen atoms in total. The molecule has 0 fully saturated rings. The molecule has 0 aliphatic heterocycles. The number of ketones is 1. The molecule has 0 atom stereocenters. The molecule has 2 rings (SSSR count). The maximum absolute atomic E-state index is 12.1. The molecule has 0 aromatic heterocycles. The summed E-state index contributed by atoms with van der Waals surface area (Å²) < 4.78 is 5.55. The van der Waals surface area contributed by atoms with Gasteiger partial charge in [-0.05, 0) is 42.3 Å². The highest BCUT2D eigenvalue weighted by molar-refractivity contribution is 9.09. The van der Waals surface area contributed by atoms with Crippen molar-refractivity contribution in [1.29, 1.82) is 0 Å². The summed E-state index contributed by atoms with van der Waals surface area (Å²) in [6.07, 6.45) is 4.37. The minimum Gasteiger partial charge on any atom is -0.494 e. The summed E-state index contributed by atoms with van der Waals surface area (Å²) in [5, 5.41) is 0.924. The van der Waals surface area contributed by atoms with Gasteiger partial charge in [0.2, 0.25) is 0 Å². The minimum absolute atomic E-state index is 0.00846. The van der Waals surface area contributed by atoms with Crippen LogP contribution in [-0.4, -0.2) is 17.7 Å². The monoisotopic (exact) mass is 344 g/mol. The first-order chi connectivity index (χ1) is 10.3. The maximum atomic E-state index is 12.1. The number of alkyl halides is 1. The molecule has 2 aromatic carbocycles. The number of allylic oxidation sites excluding steroid dienone is 1. The number of hydrogen-bond donors (Lipinski definition) is 0. The molecule has 0 amide bonds. The highest BCUT2D eigenvalue weighted by Gasteiger charge is 2.02. The van der Waals surface area contributed by atoms with Crippen LogP contribution in [0.25, 0.3) is 6.08 Å². The predicted octanol–water partition coefficient (Wildman–Crippen LogP) is 4.75. The van der Waals surface area contributed by atoms with E-state index in [0.717, 1.165) is 23.1 Å². The minimum atomic E-state index is -0.00846. The lowest BCUT2D eigenvalue weighted by atomic mass is 10.1. The molecule has 0 bridgehead atoms. The number of carbonyl (C=O) groups is 1. The summed E-state index contributed by atoms with van der Waals surface area (Å²) in [7, 11) is 0. The largest absolute Gasteiger partial charge is 0.494 e. The number of ether oxygens (including phenoxy) is 1. The van der Waals surface area contributed by atoms with E-state index in [0.29, 0.717) is 12.2 Å². The number of benzene rings is 2. The van der Waals surface area contributed by atoms with Crippen LogP contribution >= 0.6 is 15.9 Å². The standard InChI is InChI=1S/C18H17BrO2/c19-13-4-14-21-17-10-8-16(9-11-17)18(20)12-7-15-5-2-1-3-6-15/h1-3,5-12H,4,13-14H2. The van der Waals surface area contributed by atoms with E-state index in [1.54, 1.807) is 18.2 Å². The highest BCUT2D eigenvalue weighted by atomic mass is 79.9. The zero-order valence-corrected chi connectivity index (χ0v) is 13.3. The molecule has 0 saturated heterocycles. The van der Waals surface area contributed by atoms with Gasteiger partial charge in [0.25, 0.3) is 0 Å².